The van der Waals surface area contributed by atoms with Crippen molar-refractivity contribution < 1.29 is 9.59 Å². The third kappa shape index (κ3) is 4.30. The van der Waals surface area contributed by atoms with Gasteiger partial charge < -0.3 is 15.1 Å². The largest absolute Gasteiger partial charge is 0.365 e. The van der Waals surface area contributed by atoms with Crippen LogP contribution in [-0.4, -0.2) is 52.8 Å². The number of hydrogen-bond donors (Lipinski definition) is 1. The number of carbonyl (C=O) groups excluding carboxylic acids is 2. The van der Waals surface area contributed by atoms with E-state index in [1.165, 1.54) is 11.3 Å². The van der Waals surface area contributed by atoms with E-state index in [2.05, 4.69) is 17.2 Å². The van der Waals surface area contributed by atoms with Gasteiger partial charge in [-0.05, 0) is 18.9 Å². The number of anilines is 1. The quantitative estimate of drug-likeness (QED) is 0.857. The Bertz CT molecular complexity index is 806. The van der Waals surface area contributed by atoms with Gasteiger partial charge in [-0.3, -0.25) is 9.59 Å². The molecule has 1 fully saturated rings. The Hall–Kier alpha value is -2.41. The molecule has 1 aromatic carbocycles. The van der Waals surface area contributed by atoms with E-state index in [-0.39, 0.29) is 17.9 Å². The number of carbonyl (C=O) groups is 2. The molecule has 0 bridgehead atoms. The van der Waals surface area contributed by atoms with Crippen LogP contribution >= 0.6 is 11.3 Å². The van der Waals surface area contributed by atoms with Crippen LogP contribution in [0.3, 0.4) is 0 Å². The van der Waals surface area contributed by atoms with Gasteiger partial charge in [0, 0.05) is 39.1 Å². The SMILES string of the molecule is CCC1CN(C(=O)c2sc(NC)nc2C)CCC(=O)N1Cc1ccccc1. The van der Waals surface area contributed by atoms with E-state index in [0.717, 1.165) is 22.8 Å². The molecule has 27 heavy (non-hydrogen) atoms. The molecule has 3 rings (SSSR count). The van der Waals surface area contributed by atoms with Crippen molar-refractivity contribution in [2.75, 3.05) is 25.5 Å². The van der Waals surface area contributed by atoms with E-state index in [0.29, 0.717) is 30.9 Å². The Morgan fingerprint density at radius 3 is 2.70 bits per heavy atom. The molecule has 2 heterocycles. The molecule has 0 radical (unpaired) electrons. The fraction of sp³-hybridized carbons (Fsp3) is 0.450. The van der Waals surface area contributed by atoms with Crippen molar-refractivity contribution in [3.63, 3.8) is 0 Å². The molecule has 1 aliphatic rings. The van der Waals surface area contributed by atoms with Crippen molar-refractivity contribution in [1.82, 2.24) is 14.8 Å². The first kappa shape index (κ1) is 19.4. The van der Waals surface area contributed by atoms with Gasteiger partial charge in [0.2, 0.25) is 5.91 Å². The van der Waals surface area contributed by atoms with Crippen molar-refractivity contribution in [3.05, 3.63) is 46.5 Å². The lowest BCUT2D eigenvalue weighted by Crippen LogP contribution is -2.43. The highest BCUT2D eigenvalue weighted by Crippen LogP contribution is 2.25. The minimum Gasteiger partial charge on any atom is -0.365 e. The van der Waals surface area contributed by atoms with Crippen molar-refractivity contribution in [2.45, 2.75) is 39.3 Å². The van der Waals surface area contributed by atoms with Gasteiger partial charge in [-0.1, -0.05) is 48.6 Å². The summed E-state index contributed by atoms with van der Waals surface area (Å²) in [4.78, 5) is 34.6. The van der Waals surface area contributed by atoms with Crippen LogP contribution in [0.15, 0.2) is 30.3 Å². The highest BCUT2D eigenvalue weighted by atomic mass is 32.1. The van der Waals surface area contributed by atoms with Gasteiger partial charge >= 0.3 is 0 Å². The summed E-state index contributed by atoms with van der Waals surface area (Å²) in [6.07, 6.45) is 1.16. The van der Waals surface area contributed by atoms with Gasteiger partial charge in [0.25, 0.3) is 5.91 Å². The maximum absolute atomic E-state index is 13.1. The van der Waals surface area contributed by atoms with Gasteiger partial charge in [0.1, 0.15) is 4.88 Å². The first-order valence-electron chi connectivity index (χ1n) is 9.31. The molecular weight excluding hydrogens is 360 g/mol. The number of amides is 2. The third-order valence-corrected chi connectivity index (χ3v) is 6.11. The van der Waals surface area contributed by atoms with Gasteiger partial charge in [-0.25, -0.2) is 4.98 Å². The number of nitrogens with zero attached hydrogens (tertiary/aromatic N) is 3. The van der Waals surface area contributed by atoms with Crippen molar-refractivity contribution in [2.24, 2.45) is 0 Å². The fourth-order valence-corrected chi connectivity index (χ4v) is 4.29. The lowest BCUT2D eigenvalue weighted by Gasteiger charge is -2.31. The molecule has 1 N–H and O–H groups in total. The maximum atomic E-state index is 13.1. The van der Waals surface area contributed by atoms with E-state index in [1.54, 1.807) is 7.05 Å². The molecule has 1 aromatic heterocycles. The lowest BCUT2D eigenvalue weighted by molar-refractivity contribution is -0.133. The molecular formula is C20H26N4O2S. The number of nitrogens with one attached hydrogen (secondary N) is 1. The minimum atomic E-state index is -0.0284. The zero-order chi connectivity index (χ0) is 19.4. The molecule has 1 atom stereocenters. The number of aromatic nitrogens is 1. The summed E-state index contributed by atoms with van der Waals surface area (Å²) in [7, 11) is 1.80. The van der Waals surface area contributed by atoms with Crippen molar-refractivity contribution in [1.29, 1.82) is 0 Å². The van der Waals surface area contributed by atoms with Crippen LogP contribution in [0, 0.1) is 6.92 Å². The van der Waals surface area contributed by atoms with Gasteiger partial charge in [-0.15, -0.1) is 0 Å². The highest BCUT2D eigenvalue weighted by Gasteiger charge is 2.32. The van der Waals surface area contributed by atoms with E-state index in [1.807, 2.05) is 47.1 Å². The fourth-order valence-electron chi connectivity index (χ4n) is 3.40. The molecule has 0 spiro atoms. The predicted octanol–water partition coefficient (Wildman–Crippen LogP) is 3.15. The van der Waals surface area contributed by atoms with Crippen LogP contribution in [0.5, 0.6) is 0 Å². The Balaban J connectivity index is 1.79. The van der Waals surface area contributed by atoms with E-state index < -0.39 is 0 Å². The molecule has 1 unspecified atom stereocenters. The topological polar surface area (TPSA) is 65.5 Å². The van der Waals surface area contributed by atoms with E-state index in [4.69, 9.17) is 0 Å². The minimum absolute atomic E-state index is 0.0150. The highest BCUT2D eigenvalue weighted by molar-refractivity contribution is 7.17. The van der Waals surface area contributed by atoms with Gasteiger partial charge in [0.05, 0.1) is 5.69 Å². The molecule has 7 heteroatoms. The zero-order valence-electron chi connectivity index (χ0n) is 16.1. The molecule has 6 nitrogen and oxygen atoms in total. The maximum Gasteiger partial charge on any atom is 0.266 e. The van der Waals surface area contributed by atoms with Crippen LogP contribution in [0.25, 0.3) is 0 Å². The summed E-state index contributed by atoms with van der Waals surface area (Å²) >= 11 is 1.37. The number of hydrogen-bond acceptors (Lipinski definition) is 5. The van der Waals surface area contributed by atoms with Gasteiger partial charge in [-0.2, -0.15) is 0 Å². The van der Waals surface area contributed by atoms with Crippen LogP contribution in [-0.2, 0) is 11.3 Å². The summed E-state index contributed by atoms with van der Waals surface area (Å²) in [5.41, 5.74) is 1.85. The standard InChI is InChI=1S/C20H26N4O2S/c1-4-16-13-23(19(26)18-14(2)22-20(21-3)27-18)11-10-17(25)24(16)12-15-8-6-5-7-9-15/h5-9,16H,4,10-13H2,1-3H3,(H,21,22). The predicted molar refractivity (Wildman–Crippen MR) is 108 cm³/mol. The molecule has 0 aliphatic carbocycles. The molecule has 2 amide bonds. The zero-order valence-corrected chi connectivity index (χ0v) is 16.9. The van der Waals surface area contributed by atoms with Crippen LogP contribution in [0.4, 0.5) is 5.13 Å². The first-order valence-corrected chi connectivity index (χ1v) is 10.1. The summed E-state index contributed by atoms with van der Waals surface area (Å²) in [6, 6.07) is 10.0. The summed E-state index contributed by atoms with van der Waals surface area (Å²) in [5.74, 6) is 0.0808. The van der Waals surface area contributed by atoms with Crippen LogP contribution < -0.4 is 5.32 Å². The van der Waals surface area contributed by atoms with E-state index >= 15 is 0 Å². The van der Waals surface area contributed by atoms with E-state index in [9.17, 15) is 9.59 Å². The lowest BCUT2D eigenvalue weighted by atomic mass is 10.1. The number of thiazole rings is 1. The average molecular weight is 387 g/mol. The summed E-state index contributed by atoms with van der Waals surface area (Å²) in [6.45, 7) is 5.52. The molecule has 144 valence electrons. The number of aryl methyl sites for hydroxylation is 1. The second kappa shape index (κ2) is 8.52. The number of benzene rings is 1. The average Bonchev–Trinajstić information content (AvgIpc) is 2.99. The molecule has 0 saturated carbocycles. The molecule has 1 saturated heterocycles. The Labute approximate surface area is 164 Å². The van der Waals surface area contributed by atoms with Gasteiger partial charge in [0.15, 0.2) is 5.13 Å². The summed E-state index contributed by atoms with van der Waals surface area (Å²) in [5, 5.41) is 3.73. The van der Waals surface area contributed by atoms with Crippen LogP contribution in [0.2, 0.25) is 0 Å². The summed E-state index contributed by atoms with van der Waals surface area (Å²) < 4.78 is 0. The third-order valence-electron chi connectivity index (χ3n) is 4.95. The smallest absolute Gasteiger partial charge is 0.266 e. The van der Waals surface area contributed by atoms with Crippen LogP contribution in [0.1, 0.15) is 40.7 Å². The Kier molecular flexibility index (Phi) is 6.11. The first-order chi connectivity index (χ1) is 13.0. The molecule has 1 aliphatic heterocycles. The second-order valence-corrected chi connectivity index (χ2v) is 7.75. The monoisotopic (exact) mass is 386 g/mol. The van der Waals surface area contributed by atoms with Crippen molar-refractivity contribution in [3.8, 4) is 0 Å². The number of rotatable bonds is 5. The van der Waals surface area contributed by atoms with Crippen molar-refractivity contribution >= 4 is 28.3 Å². The second-order valence-electron chi connectivity index (χ2n) is 6.75. The Morgan fingerprint density at radius 1 is 1.33 bits per heavy atom. The Morgan fingerprint density at radius 2 is 2.07 bits per heavy atom. The molecule has 2 aromatic rings. The normalized spacial score (nSPS) is 17.7.